The van der Waals surface area contributed by atoms with Gasteiger partial charge in [-0.3, -0.25) is 0 Å². The van der Waals surface area contributed by atoms with Gasteiger partial charge in [-0.15, -0.1) is 0 Å². The molecule has 82 valence electrons. The summed E-state index contributed by atoms with van der Waals surface area (Å²) in [5, 5.41) is 0. The molecule has 2 unspecified atom stereocenters. The number of alkyl halides is 2. The quantitative estimate of drug-likeness (QED) is 0.586. The minimum atomic E-state index is -2.24. The van der Waals surface area contributed by atoms with Crippen LogP contribution in [0.25, 0.3) is 0 Å². The van der Waals surface area contributed by atoms with Gasteiger partial charge in [0.05, 0.1) is 0 Å². The third kappa shape index (κ3) is 1.99. The van der Waals surface area contributed by atoms with E-state index in [1.807, 2.05) is 6.08 Å². The van der Waals surface area contributed by atoms with Crippen LogP contribution < -0.4 is 0 Å². The van der Waals surface area contributed by atoms with Crippen LogP contribution in [0.15, 0.2) is 12.2 Å². The van der Waals surface area contributed by atoms with Gasteiger partial charge in [-0.1, -0.05) is 39.8 Å². The Morgan fingerprint density at radius 2 is 1.43 bits per heavy atom. The van der Waals surface area contributed by atoms with Gasteiger partial charge in [-0.05, 0) is 24.2 Å². The zero-order chi connectivity index (χ0) is 11.0. The van der Waals surface area contributed by atoms with Crippen LogP contribution in [-0.2, 0) is 0 Å². The van der Waals surface area contributed by atoms with E-state index in [2.05, 4.69) is 20.8 Å². The molecule has 1 aliphatic rings. The molecule has 0 aromatic carbocycles. The molecule has 1 rings (SSSR count). The second-order valence-corrected chi connectivity index (χ2v) is 5.30. The molecule has 0 saturated heterocycles. The molecule has 0 fully saturated rings. The number of hydrogen-bond donors (Lipinski definition) is 0. The maximum absolute atomic E-state index is 12.7. The fourth-order valence-corrected chi connectivity index (χ4v) is 1.75. The van der Waals surface area contributed by atoms with Gasteiger partial charge in [-0.2, -0.15) is 0 Å². The summed E-state index contributed by atoms with van der Waals surface area (Å²) in [6, 6.07) is 0. The van der Waals surface area contributed by atoms with E-state index in [4.69, 9.17) is 0 Å². The molecule has 2 atom stereocenters. The Labute approximate surface area is 85.4 Å². The first-order valence-electron chi connectivity index (χ1n) is 5.29. The highest BCUT2D eigenvalue weighted by molar-refractivity contribution is 5.11. The molecule has 0 amide bonds. The van der Waals surface area contributed by atoms with Crippen LogP contribution in [0.2, 0.25) is 0 Å². The van der Waals surface area contributed by atoms with Gasteiger partial charge in [0.25, 0.3) is 0 Å². The van der Waals surface area contributed by atoms with Gasteiger partial charge in [0.1, 0.15) is 0 Å². The molecule has 0 nitrogen and oxygen atoms in total. The van der Waals surface area contributed by atoms with Crippen molar-refractivity contribution in [1.29, 1.82) is 0 Å². The molecule has 0 saturated carbocycles. The fraction of sp³-hybridized carbons (Fsp3) is 0.833. The van der Waals surface area contributed by atoms with Crippen LogP contribution in [0.3, 0.4) is 0 Å². The SMILES string of the molecule is CC(C)C1(C)C=CC(C)(C(F)F)CC1. The van der Waals surface area contributed by atoms with E-state index in [0.717, 1.165) is 6.42 Å². The van der Waals surface area contributed by atoms with Crippen LogP contribution in [-0.4, -0.2) is 6.43 Å². The lowest BCUT2D eigenvalue weighted by molar-refractivity contribution is 0.0175. The van der Waals surface area contributed by atoms with Crippen molar-refractivity contribution in [2.45, 2.75) is 47.0 Å². The number of rotatable bonds is 2. The van der Waals surface area contributed by atoms with Crippen molar-refractivity contribution < 1.29 is 8.78 Å². The molecule has 0 radical (unpaired) electrons. The summed E-state index contributed by atoms with van der Waals surface area (Å²) in [5.41, 5.74) is -0.789. The Kier molecular flexibility index (Phi) is 3.03. The third-order valence-corrected chi connectivity index (χ3v) is 3.86. The molecular weight excluding hydrogens is 182 g/mol. The maximum Gasteiger partial charge on any atom is 0.247 e. The Bertz CT molecular complexity index is 208. The van der Waals surface area contributed by atoms with E-state index in [1.165, 1.54) is 0 Å². The third-order valence-electron chi connectivity index (χ3n) is 3.86. The van der Waals surface area contributed by atoms with Crippen molar-refractivity contribution in [2.24, 2.45) is 16.7 Å². The molecule has 0 bridgehead atoms. The first kappa shape index (κ1) is 11.7. The summed E-state index contributed by atoms with van der Waals surface area (Å²) in [5.74, 6) is 0.515. The summed E-state index contributed by atoms with van der Waals surface area (Å²) >= 11 is 0. The summed E-state index contributed by atoms with van der Waals surface area (Å²) in [4.78, 5) is 0. The van der Waals surface area contributed by atoms with Gasteiger partial charge >= 0.3 is 0 Å². The molecule has 0 aromatic heterocycles. The minimum absolute atomic E-state index is 0.106. The lowest BCUT2D eigenvalue weighted by atomic mass is 9.66. The van der Waals surface area contributed by atoms with Gasteiger partial charge in [0.15, 0.2) is 0 Å². The van der Waals surface area contributed by atoms with Crippen LogP contribution in [0.4, 0.5) is 8.78 Å². The number of halogens is 2. The predicted molar refractivity (Wildman–Crippen MR) is 55.4 cm³/mol. The highest BCUT2D eigenvalue weighted by Crippen LogP contribution is 2.46. The first-order valence-corrected chi connectivity index (χ1v) is 5.29. The van der Waals surface area contributed by atoms with Crippen LogP contribution in [0, 0.1) is 16.7 Å². The van der Waals surface area contributed by atoms with E-state index in [1.54, 1.807) is 13.0 Å². The van der Waals surface area contributed by atoms with E-state index >= 15 is 0 Å². The standard InChI is InChI=1S/C12H20F2/c1-9(2)11(3)5-7-12(4,8-6-11)10(13)14/h5,7,9-10H,6,8H2,1-4H3. The summed E-state index contributed by atoms with van der Waals surface area (Å²) < 4.78 is 25.4. The van der Waals surface area contributed by atoms with Crippen molar-refractivity contribution in [2.75, 3.05) is 0 Å². The second kappa shape index (κ2) is 3.63. The zero-order valence-corrected chi connectivity index (χ0v) is 9.48. The normalized spacial score (nSPS) is 38.3. The minimum Gasteiger partial charge on any atom is -0.210 e. The van der Waals surface area contributed by atoms with E-state index in [0.29, 0.717) is 12.3 Å². The Morgan fingerprint density at radius 3 is 1.71 bits per heavy atom. The molecule has 0 aliphatic heterocycles. The Balaban J connectivity index is 2.82. The molecule has 1 aliphatic carbocycles. The number of hydrogen-bond acceptors (Lipinski definition) is 0. The zero-order valence-electron chi connectivity index (χ0n) is 9.48. The van der Waals surface area contributed by atoms with E-state index < -0.39 is 11.8 Å². The largest absolute Gasteiger partial charge is 0.247 e. The first-order chi connectivity index (χ1) is 6.30. The summed E-state index contributed by atoms with van der Waals surface area (Å²) in [6.07, 6.45) is 2.93. The van der Waals surface area contributed by atoms with Crippen LogP contribution in [0.1, 0.15) is 40.5 Å². The topological polar surface area (TPSA) is 0 Å². The molecular formula is C12H20F2. The van der Waals surface area contributed by atoms with E-state index in [9.17, 15) is 8.78 Å². The molecule has 0 heterocycles. The van der Waals surface area contributed by atoms with Gasteiger partial charge in [0, 0.05) is 5.41 Å². The van der Waals surface area contributed by atoms with Crippen molar-refractivity contribution in [3.8, 4) is 0 Å². The smallest absolute Gasteiger partial charge is 0.210 e. The van der Waals surface area contributed by atoms with Gasteiger partial charge in [0.2, 0.25) is 6.43 Å². The Morgan fingerprint density at radius 1 is 1.00 bits per heavy atom. The molecule has 0 spiro atoms. The monoisotopic (exact) mass is 202 g/mol. The average molecular weight is 202 g/mol. The number of allylic oxidation sites excluding steroid dienone is 2. The molecule has 2 heteroatoms. The average Bonchev–Trinajstić information content (AvgIpc) is 2.10. The van der Waals surface area contributed by atoms with Crippen molar-refractivity contribution in [3.05, 3.63) is 12.2 Å². The predicted octanol–water partition coefficient (Wildman–Crippen LogP) is 4.27. The van der Waals surface area contributed by atoms with Gasteiger partial charge in [-0.25, -0.2) is 8.78 Å². The van der Waals surface area contributed by atoms with Crippen molar-refractivity contribution >= 4 is 0 Å². The van der Waals surface area contributed by atoms with Crippen molar-refractivity contribution in [3.63, 3.8) is 0 Å². The second-order valence-electron chi connectivity index (χ2n) is 5.30. The Hall–Kier alpha value is -0.400. The fourth-order valence-electron chi connectivity index (χ4n) is 1.75. The lowest BCUT2D eigenvalue weighted by Gasteiger charge is -2.40. The lowest BCUT2D eigenvalue weighted by Crippen LogP contribution is -2.33. The molecule has 14 heavy (non-hydrogen) atoms. The van der Waals surface area contributed by atoms with Crippen LogP contribution >= 0.6 is 0 Å². The summed E-state index contributed by atoms with van der Waals surface area (Å²) in [6.45, 7) is 8.10. The highest BCUT2D eigenvalue weighted by atomic mass is 19.3. The molecule has 0 aromatic rings. The maximum atomic E-state index is 12.7. The van der Waals surface area contributed by atoms with Crippen molar-refractivity contribution in [1.82, 2.24) is 0 Å². The summed E-state index contributed by atoms with van der Waals surface area (Å²) in [7, 11) is 0. The van der Waals surface area contributed by atoms with Gasteiger partial charge < -0.3 is 0 Å². The van der Waals surface area contributed by atoms with Crippen LogP contribution in [0.5, 0.6) is 0 Å². The molecule has 0 N–H and O–H groups in total. The van der Waals surface area contributed by atoms with E-state index in [-0.39, 0.29) is 5.41 Å². The highest BCUT2D eigenvalue weighted by Gasteiger charge is 2.39.